The van der Waals surface area contributed by atoms with Gasteiger partial charge in [-0.2, -0.15) is 0 Å². The second kappa shape index (κ2) is 85.8. The number of aromatic hydroxyl groups is 1. The third-order valence-electron chi connectivity index (χ3n) is 13.5. The summed E-state index contributed by atoms with van der Waals surface area (Å²) in [5, 5.41) is 25.9. The summed E-state index contributed by atoms with van der Waals surface area (Å²) in [7, 11) is 3.32. The second-order valence-corrected chi connectivity index (χ2v) is 31.9. The molecule has 2 aliphatic rings. The number of rotatable bonds is 18. The molecule has 26 nitrogen and oxygen atoms in total. The number of nitrogens with one attached hydrogen (secondary N) is 4. The predicted octanol–water partition coefficient (Wildman–Crippen LogP) is 18.1. The van der Waals surface area contributed by atoms with Gasteiger partial charge in [0.15, 0.2) is 12.0 Å². The zero-order valence-corrected chi connectivity index (χ0v) is 81.0. The standard InChI is InChI=1S/C10H12O.C9H9NO2.C9H11NO2.C9H9NO.C9H10O.C8H9NO2.C7H9NO2S.C5H9NO2.C5H10O.C4H8O2.C4H8O.C4H10.C4H8.C3H6O.C3H8.C2H6O2S.C2H6.CH4/c1-9(11)7-8-10-5-3-2-4-6-10;1-10-8(11)6-4-2-3-5-7(6)9(10)12;1-10-9(12)6-7-2-4-8(11)5-3-7;1-10-6-7-4-2-3-5-8(7)9(10)11;1-8(10)7-9-5-3-2-4-6-9;1-11-8(10)9-7-5-3-2-4-6-7;1-8-11(9,10)7-5-3-2-4-6-7;1-4(7)3-6-5(2)8;1-3-4-5(2)6;1-4(5)3-6-2;1-3-4(2)5;1-4(2)3;1-3-4-2;1-3(2)4;1-3-2;1-5(2,3)4;1-2;/h2-6H,7-8H2,1H3;2-5,8,11H,1H3;2-5,11H,6H2,1H3,(H,10,12);2-5H,6H2,1H3;2-6H,7H2,1H3;2-6H,1H3,(H,9,10);2-6,8H,1H3;3H2,1-2H3,(H,6,8);3-4H2,1-2H3;3H2,1-2H3;3H2,1-2H3;4H,1-3H3;3H,1,4H2,2H3;1-2H3;3H2,1-2H3;1-2H3;1-2H3;1H4. The maximum absolute atomic E-state index is 11.4. The lowest BCUT2D eigenvalue weighted by atomic mass is 10.1. The molecule has 6 N–H and O–H groups in total. The number of allylic oxidation sites excluding steroid dienone is 1. The van der Waals surface area contributed by atoms with E-state index in [0.29, 0.717) is 41.7 Å². The Morgan fingerprint density at radius 1 is 0.548 bits per heavy atom. The summed E-state index contributed by atoms with van der Waals surface area (Å²) in [6.07, 6.45) is 10.1. The lowest BCUT2D eigenvalue weighted by Gasteiger charge is -2.13. The molecule has 0 saturated carbocycles. The number of sulfonamides is 1. The minimum Gasteiger partial charge on any atom is -0.508 e. The Kier molecular flexibility index (Phi) is 90.4. The first kappa shape index (κ1) is 133. The Morgan fingerprint density at radius 3 is 1.25 bits per heavy atom. The Bertz CT molecular complexity index is 4260. The third kappa shape index (κ3) is 90.4. The van der Waals surface area contributed by atoms with Crippen molar-refractivity contribution in [1.29, 1.82) is 0 Å². The number of ketones is 7. The van der Waals surface area contributed by atoms with Crippen LogP contribution in [0.25, 0.3) is 0 Å². The van der Waals surface area contributed by atoms with Crippen LogP contribution in [0.15, 0.2) is 212 Å². The first-order chi connectivity index (χ1) is 58.5. The Morgan fingerprint density at radius 2 is 0.937 bits per heavy atom. The molecule has 2 aliphatic heterocycles. The van der Waals surface area contributed by atoms with Crippen LogP contribution >= 0.6 is 0 Å². The third-order valence-corrected chi connectivity index (χ3v) is 14.9. The highest BCUT2D eigenvalue weighted by Crippen LogP contribution is 2.29. The van der Waals surface area contributed by atoms with Gasteiger partial charge in [0.05, 0.1) is 25.0 Å². The molecule has 0 aromatic heterocycles. The van der Waals surface area contributed by atoms with Gasteiger partial charge >= 0.3 is 6.09 Å². The number of benzene rings is 7. The van der Waals surface area contributed by atoms with E-state index >= 15 is 0 Å². The highest BCUT2D eigenvalue weighted by Gasteiger charge is 2.32. The number of aryl methyl sites for hydroxylation is 1. The van der Waals surface area contributed by atoms with Crippen molar-refractivity contribution in [2.45, 2.75) is 214 Å². The first-order valence-corrected chi connectivity index (χ1v) is 44.6. The minimum atomic E-state index is -3.25. The summed E-state index contributed by atoms with van der Waals surface area (Å²) in [6.45, 7) is 39.1. The van der Waals surface area contributed by atoms with Crippen molar-refractivity contribution in [3.05, 3.63) is 246 Å². The highest BCUT2D eigenvalue weighted by atomic mass is 32.2. The Balaban J connectivity index is -0.000000168. The van der Waals surface area contributed by atoms with Gasteiger partial charge in [0.2, 0.25) is 21.8 Å². The van der Waals surface area contributed by atoms with Crippen molar-refractivity contribution < 1.29 is 94.1 Å². The monoisotopic (exact) mass is 1800 g/mol. The van der Waals surface area contributed by atoms with Crippen LogP contribution in [-0.2, 0) is 98.3 Å². The lowest BCUT2D eigenvalue weighted by Crippen LogP contribution is -2.25. The molecule has 5 amide bonds. The number of anilines is 1. The number of ether oxygens (including phenoxy) is 2. The van der Waals surface area contributed by atoms with Gasteiger partial charge in [-0.3, -0.25) is 38.9 Å². The van der Waals surface area contributed by atoms with E-state index in [9.17, 15) is 79.5 Å². The van der Waals surface area contributed by atoms with Gasteiger partial charge in [-0.1, -0.05) is 235 Å². The largest absolute Gasteiger partial charge is 0.508 e. The summed E-state index contributed by atoms with van der Waals surface area (Å²) in [6, 6.07) is 58.6. The molecule has 1 unspecified atom stereocenters. The van der Waals surface area contributed by atoms with Crippen molar-refractivity contribution in [3.8, 4) is 5.75 Å². The van der Waals surface area contributed by atoms with Crippen LogP contribution in [0.3, 0.4) is 0 Å². The number of nitrogens with zero attached hydrogens (tertiary/aromatic N) is 2. The minimum absolute atomic E-state index is 0. The molecule has 7 aromatic carbocycles. The number of phenols is 1. The Hall–Kier alpha value is -11.3. The molecule has 28 heteroatoms. The number of Topliss-reactive ketones (excluding diaryl/α,β-unsaturated/α-hetero) is 7. The van der Waals surface area contributed by atoms with Gasteiger partial charge in [-0.05, 0) is 158 Å². The maximum atomic E-state index is 11.4. The number of carbonyl (C=O) groups excluding carboxylic acids is 12. The number of carbonyl (C=O) groups is 12. The maximum Gasteiger partial charge on any atom is 0.411 e. The average molecular weight is 1800 g/mol. The number of aliphatic hydroxyl groups excluding tert-OH is 1. The molecule has 0 aliphatic carbocycles. The SMILES string of the molecule is C.C=CCC.CC.CC(=O)CCc1ccccc1.CC(=O)CNC(C)=O.CC(=O)Cc1ccccc1.CC(C)=O.CC(C)C.CCC.CCC(C)=O.CCCC(C)=O.CN1C(=O)c2ccccc2C1O.CN1Cc2ccccc2C1=O.CNC(=O)Cc1ccc(O)cc1.CNS(=O)(=O)c1ccccc1.COC(=O)Nc1ccccc1.COCC(C)=O.CS(C)(=O)=O. The number of hydrogen-bond donors (Lipinski definition) is 6. The summed E-state index contributed by atoms with van der Waals surface area (Å²) in [4.78, 5) is 128. The van der Waals surface area contributed by atoms with E-state index in [1.54, 1.807) is 132 Å². The van der Waals surface area contributed by atoms with Gasteiger partial charge in [0, 0.05) is 102 Å². The van der Waals surface area contributed by atoms with E-state index in [2.05, 4.69) is 78.3 Å². The van der Waals surface area contributed by atoms with Gasteiger partial charge in [-0.15, -0.1) is 6.58 Å². The van der Waals surface area contributed by atoms with Gasteiger partial charge in [0.1, 0.15) is 56.9 Å². The fourth-order valence-electron chi connectivity index (χ4n) is 7.77. The summed E-state index contributed by atoms with van der Waals surface area (Å²) >= 11 is 0. The van der Waals surface area contributed by atoms with Crippen LogP contribution in [0.5, 0.6) is 5.75 Å². The smallest absolute Gasteiger partial charge is 0.411 e. The van der Waals surface area contributed by atoms with Crippen molar-refractivity contribution in [2.24, 2.45) is 5.92 Å². The van der Waals surface area contributed by atoms with E-state index < -0.39 is 32.2 Å². The molecule has 0 spiro atoms. The molecular formula is C98H152N6O20S2. The van der Waals surface area contributed by atoms with Crippen LogP contribution in [0.1, 0.15) is 232 Å². The number of hydrogen-bond acceptors (Lipinski definition) is 20. The topological polar surface area (TPSA) is 387 Å². The molecule has 706 valence electrons. The van der Waals surface area contributed by atoms with E-state index in [-0.39, 0.29) is 90.4 Å². The molecule has 0 radical (unpaired) electrons. The molecule has 0 saturated heterocycles. The Labute approximate surface area is 755 Å². The molecule has 9 rings (SSSR count). The highest BCUT2D eigenvalue weighted by molar-refractivity contribution is 7.90. The molecule has 2 heterocycles. The number of amides is 5. The van der Waals surface area contributed by atoms with Crippen molar-refractivity contribution in [1.82, 2.24) is 25.2 Å². The zero-order chi connectivity index (χ0) is 98.1. The summed E-state index contributed by atoms with van der Waals surface area (Å²) in [5.41, 5.74) is 7.26. The molecular weight excluding hydrogens is 1650 g/mol. The van der Waals surface area contributed by atoms with Crippen LogP contribution in [0.4, 0.5) is 10.5 Å². The van der Waals surface area contributed by atoms with E-state index in [1.165, 1.54) is 72.8 Å². The first-order valence-electron chi connectivity index (χ1n) is 40.8. The predicted molar refractivity (Wildman–Crippen MR) is 514 cm³/mol. The second-order valence-electron chi connectivity index (χ2n) is 27.7. The van der Waals surface area contributed by atoms with E-state index in [4.69, 9.17) is 5.11 Å². The number of sulfone groups is 1. The fraction of sp³-hybridized carbons (Fsp3) is 0.429. The van der Waals surface area contributed by atoms with Gasteiger partial charge < -0.3 is 59.3 Å². The van der Waals surface area contributed by atoms with Crippen LogP contribution in [0, 0.1) is 5.92 Å². The molecule has 0 fully saturated rings. The van der Waals surface area contributed by atoms with Crippen molar-refractivity contribution >= 4 is 95.8 Å². The molecule has 7 aromatic rings. The number of methoxy groups -OCH3 is 2. The number of phenolic OH excluding ortho intramolecular Hbond substituents is 1. The number of fused-ring (bicyclic) bond motifs is 2. The number of likely N-dealkylation sites (N-methyl/N-ethyl adjacent to an activating group) is 1. The van der Waals surface area contributed by atoms with Crippen LogP contribution < -0.4 is 20.7 Å². The number of para-hydroxylation sites is 1. The van der Waals surface area contributed by atoms with Crippen molar-refractivity contribution in [2.75, 3.05) is 73.4 Å². The zero-order valence-electron chi connectivity index (χ0n) is 79.4. The fourth-order valence-corrected chi connectivity index (χ4v) is 8.53. The normalized spacial score (nSPS) is 10.6. The van der Waals surface area contributed by atoms with E-state index in [0.717, 1.165) is 78.6 Å². The summed E-state index contributed by atoms with van der Waals surface area (Å²) in [5.74, 6) is 2.11. The number of aliphatic hydroxyl groups is 1. The quantitative estimate of drug-likeness (QED) is 0.0435. The van der Waals surface area contributed by atoms with Crippen molar-refractivity contribution in [3.63, 3.8) is 0 Å². The molecule has 126 heavy (non-hydrogen) atoms. The lowest BCUT2D eigenvalue weighted by molar-refractivity contribution is -0.123. The average Bonchev–Trinajstić information content (AvgIpc) is 1.65. The van der Waals surface area contributed by atoms with Crippen LogP contribution in [0.2, 0.25) is 0 Å². The van der Waals surface area contributed by atoms with Gasteiger partial charge in [-0.25, -0.2) is 26.4 Å². The molecule has 0 bridgehead atoms. The van der Waals surface area contributed by atoms with E-state index in [1.807, 2.05) is 150 Å². The molecule has 1 atom stereocenters. The van der Waals surface area contributed by atoms with Crippen LogP contribution in [-0.4, -0.2) is 175 Å². The summed E-state index contributed by atoms with van der Waals surface area (Å²) < 4.78 is 52.5. The van der Waals surface area contributed by atoms with Gasteiger partial charge in [0.25, 0.3) is 11.8 Å².